The van der Waals surface area contributed by atoms with E-state index in [9.17, 15) is 4.79 Å². The van der Waals surface area contributed by atoms with E-state index in [2.05, 4.69) is 15.0 Å². The van der Waals surface area contributed by atoms with Gasteiger partial charge in [0.05, 0.1) is 11.9 Å². The van der Waals surface area contributed by atoms with Crippen LogP contribution < -0.4 is 5.73 Å². The molecule has 31 heavy (non-hydrogen) atoms. The van der Waals surface area contributed by atoms with Crippen molar-refractivity contribution in [3.05, 3.63) is 48.0 Å². The van der Waals surface area contributed by atoms with Crippen molar-refractivity contribution < 1.29 is 23.7 Å². The quantitative estimate of drug-likeness (QED) is 0.625. The van der Waals surface area contributed by atoms with Gasteiger partial charge in [0.15, 0.2) is 23.5 Å². The van der Waals surface area contributed by atoms with E-state index in [0.717, 1.165) is 5.56 Å². The smallest absolute Gasteiger partial charge is 0.338 e. The fraction of sp³-hybridized carbons (Fsp3) is 0.429. The van der Waals surface area contributed by atoms with Crippen LogP contribution in [0.3, 0.4) is 0 Å². The summed E-state index contributed by atoms with van der Waals surface area (Å²) in [6.45, 7) is 5.65. The average molecular weight is 425 g/mol. The second-order valence-corrected chi connectivity index (χ2v) is 8.18. The fourth-order valence-corrected chi connectivity index (χ4v) is 4.00. The maximum atomic E-state index is 12.5. The van der Waals surface area contributed by atoms with E-state index in [1.165, 1.54) is 6.33 Å². The predicted molar refractivity (Wildman–Crippen MR) is 109 cm³/mol. The minimum atomic E-state index is -0.805. The number of rotatable bonds is 4. The lowest BCUT2D eigenvalue weighted by atomic mass is 10.1. The lowest BCUT2D eigenvalue weighted by Gasteiger charge is -2.24. The standard InChI is InChI=1S/C21H23N5O5/c1-11-4-6-12(7-5-11)20(27)28-8-13-15-16(31-21(2,3)30-15)19(29-13)26-10-25-14-17(22)23-9-24-18(14)26/h4-7,9-10,13,15-16,19H,8H2,1-3H3,(H2,22,23,24)/t13-,15-,16-,19-/m1/s1. The molecule has 2 saturated heterocycles. The third-order valence-corrected chi connectivity index (χ3v) is 5.45. The Morgan fingerprint density at radius 1 is 1.16 bits per heavy atom. The average Bonchev–Trinajstić information content (AvgIpc) is 3.38. The van der Waals surface area contributed by atoms with Gasteiger partial charge in [-0.05, 0) is 32.9 Å². The van der Waals surface area contributed by atoms with E-state index in [-0.39, 0.29) is 12.4 Å². The molecule has 5 rings (SSSR count). The number of benzene rings is 1. The van der Waals surface area contributed by atoms with Gasteiger partial charge in [-0.25, -0.2) is 19.7 Å². The molecule has 162 valence electrons. The number of carbonyl (C=O) groups is 1. The Morgan fingerprint density at radius 3 is 2.68 bits per heavy atom. The zero-order chi connectivity index (χ0) is 21.8. The third-order valence-electron chi connectivity index (χ3n) is 5.45. The van der Waals surface area contributed by atoms with Gasteiger partial charge in [-0.15, -0.1) is 0 Å². The highest BCUT2D eigenvalue weighted by atomic mass is 16.8. The van der Waals surface area contributed by atoms with Crippen molar-refractivity contribution in [2.75, 3.05) is 12.3 Å². The highest BCUT2D eigenvalue weighted by Crippen LogP contribution is 2.43. The molecule has 0 amide bonds. The number of esters is 1. The summed E-state index contributed by atoms with van der Waals surface area (Å²) in [7, 11) is 0. The van der Waals surface area contributed by atoms with Gasteiger partial charge in [0, 0.05) is 0 Å². The number of aryl methyl sites for hydroxylation is 1. The molecule has 0 radical (unpaired) electrons. The predicted octanol–water partition coefficient (Wildman–Crippen LogP) is 1.99. The first-order chi connectivity index (χ1) is 14.8. The van der Waals surface area contributed by atoms with Crippen LogP contribution >= 0.6 is 0 Å². The molecule has 3 aromatic rings. The van der Waals surface area contributed by atoms with Crippen molar-refractivity contribution in [2.24, 2.45) is 0 Å². The van der Waals surface area contributed by atoms with E-state index < -0.39 is 36.3 Å². The fourth-order valence-electron chi connectivity index (χ4n) is 4.00. The Morgan fingerprint density at radius 2 is 1.90 bits per heavy atom. The first kappa shape index (κ1) is 19.9. The molecule has 10 nitrogen and oxygen atoms in total. The van der Waals surface area contributed by atoms with Crippen LogP contribution in [0.4, 0.5) is 5.82 Å². The van der Waals surface area contributed by atoms with E-state index in [4.69, 9.17) is 24.7 Å². The van der Waals surface area contributed by atoms with Gasteiger partial charge in [-0.3, -0.25) is 4.57 Å². The van der Waals surface area contributed by atoms with E-state index in [1.54, 1.807) is 23.0 Å². The van der Waals surface area contributed by atoms with Crippen LogP contribution in [0.25, 0.3) is 11.2 Å². The largest absolute Gasteiger partial charge is 0.459 e. The van der Waals surface area contributed by atoms with Crippen LogP contribution in [0.1, 0.15) is 36.0 Å². The molecule has 1 aromatic carbocycles. The molecule has 2 fully saturated rings. The zero-order valence-electron chi connectivity index (χ0n) is 17.4. The normalized spacial score (nSPS) is 26.8. The Kier molecular flexibility index (Phi) is 4.65. The maximum absolute atomic E-state index is 12.5. The Hall–Kier alpha value is -3.08. The molecule has 2 aliphatic heterocycles. The molecule has 10 heteroatoms. The van der Waals surface area contributed by atoms with E-state index >= 15 is 0 Å². The minimum Gasteiger partial charge on any atom is -0.459 e. The number of hydrogen-bond donors (Lipinski definition) is 1. The lowest BCUT2D eigenvalue weighted by Crippen LogP contribution is -2.33. The van der Waals surface area contributed by atoms with Crippen LogP contribution in [0, 0.1) is 6.92 Å². The van der Waals surface area contributed by atoms with Gasteiger partial charge < -0.3 is 24.7 Å². The number of fused-ring (bicyclic) bond motifs is 2. The van der Waals surface area contributed by atoms with Crippen molar-refractivity contribution in [2.45, 2.75) is 51.1 Å². The van der Waals surface area contributed by atoms with Crippen molar-refractivity contribution in [3.63, 3.8) is 0 Å². The van der Waals surface area contributed by atoms with Crippen molar-refractivity contribution in [1.29, 1.82) is 0 Å². The van der Waals surface area contributed by atoms with Gasteiger partial charge in [0.1, 0.15) is 36.8 Å². The topological polar surface area (TPSA) is 124 Å². The summed E-state index contributed by atoms with van der Waals surface area (Å²) in [5, 5.41) is 0. The summed E-state index contributed by atoms with van der Waals surface area (Å²) >= 11 is 0. The van der Waals surface area contributed by atoms with Crippen molar-refractivity contribution in [3.8, 4) is 0 Å². The summed E-state index contributed by atoms with van der Waals surface area (Å²) < 4.78 is 25.7. The molecule has 0 aliphatic carbocycles. The van der Waals surface area contributed by atoms with Gasteiger partial charge in [0.2, 0.25) is 0 Å². The number of aromatic nitrogens is 4. The third kappa shape index (κ3) is 3.52. The van der Waals surface area contributed by atoms with Crippen LogP contribution in [0.15, 0.2) is 36.9 Å². The number of anilines is 1. The number of imidazole rings is 1. The number of nitrogens with zero attached hydrogens (tertiary/aromatic N) is 4. The van der Waals surface area contributed by atoms with Crippen molar-refractivity contribution >= 4 is 23.0 Å². The summed E-state index contributed by atoms with van der Waals surface area (Å²) in [4.78, 5) is 25.0. The molecule has 4 heterocycles. The van der Waals surface area contributed by atoms with Gasteiger partial charge in [0.25, 0.3) is 0 Å². The first-order valence-electron chi connectivity index (χ1n) is 10.0. The molecule has 0 unspecified atom stereocenters. The monoisotopic (exact) mass is 425 g/mol. The number of carbonyl (C=O) groups excluding carboxylic acids is 1. The van der Waals surface area contributed by atoms with Crippen LogP contribution in [-0.4, -0.2) is 56.2 Å². The maximum Gasteiger partial charge on any atom is 0.338 e. The summed E-state index contributed by atoms with van der Waals surface area (Å²) in [5.74, 6) is -0.942. The number of nitrogen functional groups attached to an aromatic ring is 1. The van der Waals surface area contributed by atoms with Crippen LogP contribution in [0.5, 0.6) is 0 Å². The molecular weight excluding hydrogens is 402 g/mol. The molecule has 2 aromatic heterocycles. The van der Waals surface area contributed by atoms with Gasteiger partial charge in [-0.1, -0.05) is 17.7 Å². The SMILES string of the molecule is Cc1ccc(C(=O)OC[C@H]2O[C@@H](n3cnc4c(N)ncnc43)[C@@H]3OC(C)(C)O[C@@H]32)cc1. The second-order valence-electron chi connectivity index (χ2n) is 8.18. The lowest BCUT2D eigenvalue weighted by molar-refractivity contribution is -0.199. The Labute approximate surface area is 178 Å². The molecular formula is C21H23N5O5. The molecule has 4 atom stereocenters. The van der Waals surface area contributed by atoms with Crippen LogP contribution in [-0.2, 0) is 18.9 Å². The van der Waals surface area contributed by atoms with Crippen LogP contribution in [0.2, 0.25) is 0 Å². The molecule has 0 spiro atoms. The first-order valence-corrected chi connectivity index (χ1v) is 10.0. The highest BCUT2D eigenvalue weighted by Gasteiger charge is 2.56. The minimum absolute atomic E-state index is 0.0214. The number of hydrogen-bond acceptors (Lipinski definition) is 9. The zero-order valence-corrected chi connectivity index (χ0v) is 17.4. The summed E-state index contributed by atoms with van der Waals surface area (Å²) in [5.41, 5.74) is 8.47. The van der Waals surface area contributed by atoms with E-state index in [1.807, 2.05) is 32.9 Å². The van der Waals surface area contributed by atoms with Gasteiger partial charge in [-0.2, -0.15) is 0 Å². The molecule has 0 saturated carbocycles. The molecule has 0 bridgehead atoms. The second kappa shape index (κ2) is 7.26. The van der Waals surface area contributed by atoms with Crippen molar-refractivity contribution in [1.82, 2.24) is 19.5 Å². The number of nitrogens with two attached hydrogens (primary N) is 1. The molecule has 2 N–H and O–H groups in total. The van der Waals surface area contributed by atoms with Gasteiger partial charge >= 0.3 is 5.97 Å². The summed E-state index contributed by atoms with van der Waals surface area (Å²) in [6, 6.07) is 7.20. The summed E-state index contributed by atoms with van der Waals surface area (Å²) in [6.07, 6.45) is 0.998. The Balaban J connectivity index is 1.38. The molecule has 2 aliphatic rings. The highest BCUT2D eigenvalue weighted by molar-refractivity contribution is 5.89. The number of ether oxygens (including phenoxy) is 4. The van der Waals surface area contributed by atoms with E-state index in [0.29, 0.717) is 16.7 Å². The Bertz CT molecular complexity index is 1130.